The summed E-state index contributed by atoms with van der Waals surface area (Å²) in [5, 5.41) is 0. The fourth-order valence-corrected chi connectivity index (χ4v) is 5.15. The predicted octanol–water partition coefficient (Wildman–Crippen LogP) is 5.75. The van der Waals surface area contributed by atoms with Crippen molar-refractivity contribution in [3.8, 4) is 45.3 Å². The number of hydrogen-bond donors (Lipinski definition) is 0. The van der Waals surface area contributed by atoms with Gasteiger partial charge in [-0.05, 0) is 57.4 Å². The van der Waals surface area contributed by atoms with Gasteiger partial charge in [-0.3, -0.25) is 0 Å². The van der Waals surface area contributed by atoms with Gasteiger partial charge in [0, 0.05) is 5.46 Å². The lowest BCUT2D eigenvalue weighted by atomic mass is 9.35. The van der Waals surface area contributed by atoms with Crippen molar-refractivity contribution in [2.24, 2.45) is 0 Å². The molecule has 0 saturated heterocycles. The third-order valence-electron chi connectivity index (χ3n) is 6.62. The van der Waals surface area contributed by atoms with Crippen molar-refractivity contribution in [1.29, 1.82) is 0 Å². The molecular weight excluding hydrogens is 403 g/mol. The van der Waals surface area contributed by atoms with Crippen LogP contribution in [-0.4, -0.2) is 6.71 Å². The number of hydrogen-bond acceptors (Lipinski definition) is 2. The molecule has 0 aliphatic carbocycles. The average Bonchev–Trinajstić information content (AvgIpc) is 2.89. The molecule has 3 heteroatoms. The zero-order valence-electron chi connectivity index (χ0n) is 17.9. The van der Waals surface area contributed by atoms with E-state index in [-0.39, 0.29) is 6.71 Å². The molecule has 154 valence electrons. The van der Waals surface area contributed by atoms with Crippen LogP contribution in [0.2, 0.25) is 0 Å². The first-order valence-corrected chi connectivity index (χ1v) is 11.2. The zero-order chi connectivity index (χ0) is 21.8. The summed E-state index contributed by atoms with van der Waals surface area (Å²) in [5.74, 6) is 3.55. The van der Waals surface area contributed by atoms with Gasteiger partial charge < -0.3 is 9.47 Å². The predicted molar refractivity (Wildman–Crippen MR) is 135 cm³/mol. The van der Waals surface area contributed by atoms with Crippen LogP contribution >= 0.6 is 0 Å². The first-order chi connectivity index (χ1) is 16.4. The van der Waals surface area contributed by atoms with Crippen molar-refractivity contribution < 1.29 is 9.47 Å². The molecule has 0 radical (unpaired) electrons. The summed E-state index contributed by atoms with van der Waals surface area (Å²) >= 11 is 0. The van der Waals surface area contributed by atoms with Crippen molar-refractivity contribution in [3.63, 3.8) is 0 Å². The number of benzene rings is 5. The smallest absolute Gasteiger partial charge is 0.260 e. The highest BCUT2D eigenvalue weighted by Gasteiger charge is 2.40. The summed E-state index contributed by atoms with van der Waals surface area (Å²) in [5.41, 5.74) is 8.08. The van der Waals surface area contributed by atoms with Crippen molar-refractivity contribution in [2.75, 3.05) is 0 Å². The number of rotatable bonds is 2. The molecule has 2 aliphatic rings. The Hall–Kier alpha value is -4.24. The van der Waals surface area contributed by atoms with Crippen molar-refractivity contribution >= 4 is 23.1 Å². The second-order valence-corrected chi connectivity index (χ2v) is 8.51. The lowest BCUT2D eigenvalue weighted by molar-refractivity contribution is 0.465. The maximum atomic E-state index is 6.47. The summed E-state index contributed by atoms with van der Waals surface area (Å²) in [7, 11) is 0. The maximum Gasteiger partial charge on any atom is 0.260 e. The second kappa shape index (κ2) is 7.14. The molecule has 7 rings (SSSR count). The fourth-order valence-electron chi connectivity index (χ4n) is 5.15. The van der Waals surface area contributed by atoms with Crippen LogP contribution in [0.5, 0.6) is 23.0 Å². The van der Waals surface area contributed by atoms with Crippen LogP contribution in [0.15, 0.2) is 115 Å². The van der Waals surface area contributed by atoms with E-state index in [4.69, 9.17) is 9.47 Å². The molecule has 0 bridgehead atoms. The minimum absolute atomic E-state index is 0.100. The highest BCUT2D eigenvalue weighted by molar-refractivity contribution is 6.98. The van der Waals surface area contributed by atoms with Gasteiger partial charge in [0.05, 0.1) is 0 Å². The van der Waals surface area contributed by atoms with E-state index in [9.17, 15) is 0 Å². The van der Waals surface area contributed by atoms with Crippen molar-refractivity contribution in [1.82, 2.24) is 0 Å². The minimum atomic E-state index is 0.100. The van der Waals surface area contributed by atoms with E-state index >= 15 is 0 Å². The minimum Gasteiger partial charge on any atom is -0.458 e. The Bertz CT molecular complexity index is 1450. The Morgan fingerprint density at radius 1 is 0.424 bits per heavy atom. The zero-order valence-corrected chi connectivity index (χ0v) is 17.9. The molecule has 0 saturated carbocycles. The Balaban J connectivity index is 1.47. The van der Waals surface area contributed by atoms with Gasteiger partial charge in [0.15, 0.2) is 0 Å². The Kier molecular flexibility index (Phi) is 3.97. The molecule has 2 aliphatic heterocycles. The Labute approximate surface area is 193 Å². The summed E-state index contributed by atoms with van der Waals surface area (Å²) in [6.07, 6.45) is 0. The molecule has 0 amide bonds. The number of para-hydroxylation sites is 2. The summed E-state index contributed by atoms with van der Waals surface area (Å²) in [4.78, 5) is 0. The van der Waals surface area contributed by atoms with E-state index in [1.54, 1.807) is 0 Å². The quantitative estimate of drug-likeness (QED) is 0.331. The van der Waals surface area contributed by atoms with E-state index in [2.05, 4.69) is 97.1 Å². The maximum absolute atomic E-state index is 6.47. The monoisotopic (exact) mass is 422 g/mol. The molecule has 0 aromatic heterocycles. The van der Waals surface area contributed by atoms with E-state index in [1.165, 1.54) is 22.1 Å². The summed E-state index contributed by atoms with van der Waals surface area (Å²) in [6, 6.07) is 40.0. The summed E-state index contributed by atoms with van der Waals surface area (Å²) in [6.45, 7) is 0.100. The number of fused-ring (bicyclic) bond motifs is 4. The molecule has 0 unspecified atom stereocenters. The van der Waals surface area contributed by atoms with Gasteiger partial charge in [-0.25, -0.2) is 0 Å². The van der Waals surface area contributed by atoms with Crippen LogP contribution in [0, 0.1) is 0 Å². The van der Waals surface area contributed by atoms with E-state index in [0.717, 1.165) is 39.6 Å². The van der Waals surface area contributed by atoms with E-state index in [1.807, 2.05) is 18.2 Å². The van der Waals surface area contributed by atoms with Gasteiger partial charge in [0.25, 0.3) is 6.71 Å². The van der Waals surface area contributed by atoms with Crippen LogP contribution in [0.1, 0.15) is 0 Å². The molecule has 0 atom stereocenters. The topological polar surface area (TPSA) is 18.5 Å². The molecule has 5 aromatic rings. The van der Waals surface area contributed by atoms with Crippen LogP contribution in [0.3, 0.4) is 0 Å². The molecule has 0 N–H and O–H groups in total. The van der Waals surface area contributed by atoms with Crippen LogP contribution < -0.4 is 25.9 Å². The third-order valence-corrected chi connectivity index (χ3v) is 6.62. The van der Waals surface area contributed by atoms with E-state index < -0.39 is 0 Å². The SMILES string of the molecule is c1ccc(-c2ccccc2-c2cc3c4c(c2)Oc2ccccc2B4c2ccccc2O3)cc1. The van der Waals surface area contributed by atoms with Gasteiger partial charge in [-0.1, -0.05) is 91.0 Å². The molecule has 5 aromatic carbocycles. The lowest BCUT2D eigenvalue weighted by Crippen LogP contribution is -2.57. The molecular formula is C30H19BO2. The van der Waals surface area contributed by atoms with Gasteiger partial charge in [0.1, 0.15) is 23.0 Å². The molecule has 2 nitrogen and oxygen atoms in total. The molecule has 0 fully saturated rings. The normalized spacial score (nSPS) is 12.7. The highest BCUT2D eigenvalue weighted by Crippen LogP contribution is 2.40. The summed E-state index contributed by atoms with van der Waals surface area (Å²) < 4.78 is 12.9. The molecule has 0 spiro atoms. The van der Waals surface area contributed by atoms with Gasteiger partial charge in [0.2, 0.25) is 0 Å². The van der Waals surface area contributed by atoms with Crippen LogP contribution in [0.25, 0.3) is 22.3 Å². The largest absolute Gasteiger partial charge is 0.458 e. The molecule has 2 heterocycles. The lowest BCUT2D eigenvalue weighted by Gasteiger charge is -2.33. The van der Waals surface area contributed by atoms with Crippen molar-refractivity contribution in [3.05, 3.63) is 115 Å². The highest BCUT2D eigenvalue weighted by atomic mass is 16.5. The standard InChI is InChI=1S/C30H19BO2/c1-2-10-20(11-3-1)22-12-4-5-13-23(22)21-18-28-30-29(19-21)33-27-17-9-7-15-25(27)31(30)24-14-6-8-16-26(24)32-28/h1-19H. The third kappa shape index (κ3) is 2.83. The first-order valence-electron chi connectivity index (χ1n) is 11.2. The van der Waals surface area contributed by atoms with Gasteiger partial charge >= 0.3 is 0 Å². The first kappa shape index (κ1) is 18.3. The fraction of sp³-hybridized carbons (Fsp3) is 0. The van der Waals surface area contributed by atoms with Crippen LogP contribution in [0.4, 0.5) is 0 Å². The number of ether oxygens (including phenoxy) is 2. The van der Waals surface area contributed by atoms with E-state index in [0.29, 0.717) is 0 Å². The average molecular weight is 422 g/mol. The Morgan fingerprint density at radius 2 is 0.909 bits per heavy atom. The van der Waals surface area contributed by atoms with Crippen molar-refractivity contribution in [2.45, 2.75) is 0 Å². The van der Waals surface area contributed by atoms with Crippen LogP contribution in [-0.2, 0) is 0 Å². The molecule has 33 heavy (non-hydrogen) atoms. The Morgan fingerprint density at radius 3 is 1.52 bits per heavy atom. The van der Waals surface area contributed by atoms with Gasteiger partial charge in [-0.2, -0.15) is 0 Å². The second-order valence-electron chi connectivity index (χ2n) is 8.51. The van der Waals surface area contributed by atoms with Gasteiger partial charge in [-0.15, -0.1) is 0 Å².